The summed E-state index contributed by atoms with van der Waals surface area (Å²) in [7, 11) is 1.48. The Bertz CT molecular complexity index is 1200. The summed E-state index contributed by atoms with van der Waals surface area (Å²) >= 11 is 3.50. The van der Waals surface area contributed by atoms with E-state index in [1.807, 2.05) is 0 Å². The Kier molecular flexibility index (Phi) is 6.19. The molecule has 1 aliphatic heterocycles. The van der Waals surface area contributed by atoms with Crippen molar-refractivity contribution < 1.29 is 23.4 Å². The number of hydrogen-bond acceptors (Lipinski definition) is 6. The van der Waals surface area contributed by atoms with E-state index in [1.165, 1.54) is 13.2 Å². The van der Waals surface area contributed by atoms with Gasteiger partial charge in [-0.05, 0) is 46.1 Å². The third-order valence-electron chi connectivity index (χ3n) is 5.52. The molecule has 0 spiro atoms. The molecule has 0 fully saturated rings. The number of carbonyl (C=O) groups excluding carboxylic acids is 1. The number of nitrogens with two attached hydrogens (primary N) is 1. The number of halogens is 2. The van der Waals surface area contributed by atoms with Crippen molar-refractivity contribution in [3.05, 3.63) is 80.6 Å². The highest BCUT2D eigenvalue weighted by Crippen LogP contribution is 2.47. The van der Waals surface area contributed by atoms with E-state index in [2.05, 4.69) is 22.0 Å². The lowest BCUT2D eigenvalue weighted by Crippen LogP contribution is -2.27. The fourth-order valence-electron chi connectivity index (χ4n) is 4.00. The Balaban J connectivity index is 1.75. The van der Waals surface area contributed by atoms with Crippen molar-refractivity contribution in [3.8, 4) is 17.6 Å². The molecule has 0 radical (unpaired) electrons. The average molecular weight is 499 g/mol. The maximum atomic E-state index is 14.0. The molecule has 0 bridgehead atoms. The molecule has 0 amide bonds. The smallest absolute Gasteiger partial charge is 0.205 e. The SMILES string of the molecule is COc1cc(C2C(C#N)=C(N)OC3=C2C(=O)CCC3)cc(Br)c1OCc1ccccc1F. The van der Waals surface area contributed by atoms with Crippen molar-refractivity contribution in [2.24, 2.45) is 5.73 Å². The summed E-state index contributed by atoms with van der Waals surface area (Å²) < 4.78 is 31.5. The molecule has 2 N–H and O–H groups in total. The molecule has 2 aromatic carbocycles. The van der Waals surface area contributed by atoms with Gasteiger partial charge >= 0.3 is 0 Å². The van der Waals surface area contributed by atoms with Crippen LogP contribution in [0.15, 0.2) is 63.7 Å². The van der Waals surface area contributed by atoms with E-state index in [1.54, 1.807) is 30.3 Å². The van der Waals surface area contributed by atoms with Crippen LogP contribution >= 0.6 is 15.9 Å². The minimum Gasteiger partial charge on any atom is -0.493 e. The second-order valence-electron chi connectivity index (χ2n) is 7.45. The van der Waals surface area contributed by atoms with Crippen molar-refractivity contribution in [1.29, 1.82) is 5.26 Å². The lowest BCUT2D eigenvalue weighted by Gasteiger charge is -2.31. The van der Waals surface area contributed by atoms with Crippen LogP contribution in [0, 0.1) is 17.1 Å². The standard InChI is InChI=1S/C24H20BrFN2O4/c1-30-20-10-14(9-16(25)23(20)31-12-13-5-2-3-6-17(13)26)21-15(11-27)24(28)32-19-8-4-7-18(29)22(19)21/h2-3,5-6,9-10,21H,4,7-8,12,28H2,1H3. The number of allylic oxidation sites excluding steroid dienone is 3. The lowest BCUT2D eigenvalue weighted by molar-refractivity contribution is -0.116. The summed E-state index contributed by atoms with van der Waals surface area (Å²) in [5, 5.41) is 9.75. The number of hydrogen-bond donors (Lipinski definition) is 1. The van der Waals surface area contributed by atoms with Gasteiger partial charge in [0.05, 0.1) is 17.5 Å². The van der Waals surface area contributed by atoms with E-state index >= 15 is 0 Å². The van der Waals surface area contributed by atoms with E-state index in [0.29, 0.717) is 57.7 Å². The Morgan fingerprint density at radius 2 is 2.09 bits per heavy atom. The molecular weight excluding hydrogens is 479 g/mol. The molecule has 0 saturated carbocycles. The predicted molar refractivity (Wildman–Crippen MR) is 118 cm³/mol. The maximum absolute atomic E-state index is 14.0. The molecule has 2 aliphatic rings. The molecule has 1 unspecified atom stereocenters. The van der Waals surface area contributed by atoms with Crippen molar-refractivity contribution in [3.63, 3.8) is 0 Å². The molecule has 32 heavy (non-hydrogen) atoms. The molecule has 1 heterocycles. The molecule has 1 atom stereocenters. The zero-order valence-electron chi connectivity index (χ0n) is 17.3. The monoisotopic (exact) mass is 498 g/mol. The Morgan fingerprint density at radius 3 is 2.81 bits per heavy atom. The van der Waals surface area contributed by atoms with Gasteiger partial charge in [-0.2, -0.15) is 5.26 Å². The average Bonchev–Trinajstić information content (AvgIpc) is 2.78. The highest BCUT2D eigenvalue weighted by molar-refractivity contribution is 9.10. The number of methoxy groups -OCH3 is 1. The first-order valence-corrected chi connectivity index (χ1v) is 10.8. The molecule has 0 saturated heterocycles. The molecule has 4 rings (SSSR count). The molecule has 0 aromatic heterocycles. The number of ether oxygens (including phenoxy) is 3. The van der Waals surface area contributed by atoms with Crippen molar-refractivity contribution in [1.82, 2.24) is 0 Å². The van der Waals surface area contributed by atoms with Gasteiger partial charge in [-0.3, -0.25) is 4.79 Å². The van der Waals surface area contributed by atoms with Gasteiger partial charge < -0.3 is 19.9 Å². The maximum Gasteiger partial charge on any atom is 0.205 e. The number of benzene rings is 2. The number of nitriles is 1. The normalized spacial score (nSPS) is 18.1. The van der Waals surface area contributed by atoms with Gasteiger partial charge in [0.15, 0.2) is 17.3 Å². The second kappa shape index (κ2) is 9.05. The van der Waals surface area contributed by atoms with Crippen LogP contribution in [-0.2, 0) is 16.1 Å². The van der Waals surface area contributed by atoms with E-state index in [-0.39, 0.29) is 29.7 Å². The molecule has 8 heteroatoms. The quantitative estimate of drug-likeness (QED) is 0.623. The highest BCUT2D eigenvalue weighted by atomic mass is 79.9. The number of Topliss-reactive ketones (excluding diaryl/α,β-unsaturated/α-hetero) is 1. The van der Waals surface area contributed by atoms with Crippen LogP contribution in [-0.4, -0.2) is 12.9 Å². The van der Waals surface area contributed by atoms with Gasteiger partial charge in [-0.1, -0.05) is 18.2 Å². The summed E-state index contributed by atoms with van der Waals surface area (Å²) in [5.41, 5.74) is 7.69. The zero-order chi connectivity index (χ0) is 22.8. The zero-order valence-corrected chi connectivity index (χ0v) is 18.9. The van der Waals surface area contributed by atoms with Crippen molar-refractivity contribution in [2.75, 3.05) is 7.11 Å². The van der Waals surface area contributed by atoms with E-state index in [0.717, 1.165) is 0 Å². The van der Waals surface area contributed by atoms with Crippen molar-refractivity contribution in [2.45, 2.75) is 31.8 Å². The minimum absolute atomic E-state index is 0.000851. The third-order valence-corrected chi connectivity index (χ3v) is 6.11. The summed E-state index contributed by atoms with van der Waals surface area (Å²) in [4.78, 5) is 12.8. The van der Waals surface area contributed by atoms with E-state index in [4.69, 9.17) is 19.9 Å². The Hall–Kier alpha value is -3.31. The van der Waals surface area contributed by atoms with Gasteiger partial charge in [0, 0.05) is 24.0 Å². The summed E-state index contributed by atoms with van der Waals surface area (Å²) in [5.74, 6) is 0.174. The highest BCUT2D eigenvalue weighted by Gasteiger charge is 2.38. The molecular formula is C24H20BrFN2O4. The molecule has 1 aliphatic carbocycles. The summed E-state index contributed by atoms with van der Waals surface area (Å²) in [6.07, 6.45) is 1.65. The number of carbonyl (C=O) groups is 1. The Morgan fingerprint density at radius 1 is 1.31 bits per heavy atom. The first-order valence-electron chi connectivity index (χ1n) is 10.0. The fraction of sp³-hybridized carbons (Fsp3) is 0.250. The molecule has 6 nitrogen and oxygen atoms in total. The number of nitrogens with zero attached hydrogens (tertiary/aromatic N) is 1. The first-order chi connectivity index (χ1) is 15.4. The van der Waals surface area contributed by atoms with Crippen molar-refractivity contribution >= 4 is 21.7 Å². The van der Waals surface area contributed by atoms with Gasteiger partial charge in [0.2, 0.25) is 5.88 Å². The number of ketones is 1. The predicted octanol–water partition coefficient (Wildman–Crippen LogP) is 4.99. The van der Waals surface area contributed by atoms with Crippen LogP contribution in [0.1, 0.15) is 36.3 Å². The van der Waals surface area contributed by atoms with Crippen LogP contribution in [0.2, 0.25) is 0 Å². The molecule has 164 valence electrons. The van der Waals surface area contributed by atoms with Gasteiger partial charge in [-0.15, -0.1) is 0 Å². The Labute approximate surface area is 193 Å². The van der Waals surface area contributed by atoms with Crippen LogP contribution in [0.25, 0.3) is 0 Å². The largest absolute Gasteiger partial charge is 0.493 e. The third kappa shape index (κ3) is 3.96. The summed E-state index contributed by atoms with van der Waals surface area (Å²) in [6.45, 7) is 0.00231. The molecule has 2 aromatic rings. The van der Waals surface area contributed by atoms with Gasteiger partial charge in [0.25, 0.3) is 0 Å². The van der Waals surface area contributed by atoms with Crippen LogP contribution in [0.3, 0.4) is 0 Å². The van der Waals surface area contributed by atoms with E-state index in [9.17, 15) is 14.4 Å². The van der Waals surface area contributed by atoms with Gasteiger partial charge in [-0.25, -0.2) is 4.39 Å². The second-order valence-corrected chi connectivity index (χ2v) is 8.31. The lowest BCUT2D eigenvalue weighted by atomic mass is 9.77. The topological polar surface area (TPSA) is 94.6 Å². The van der Waals surface area contributed by atoms with Gasteiger partial charge in [0.1, 0.15) is 29.8 Å². The van der Waals surface area contributed by atoms with Crippen LogP contribution < -0.4 is 15.2 Å². The van der Waals surface area contributed by atoms with Crippen LogP contribution in [0.4, 0.5) is 4.39 Å². The van der Waals surface area contributed by atoms with Crippen LogP contribution in [0.5, 0.6) is 11.5 Å². The summed E-state index contributed by atoms with van der Waals surface area (Å²) in [6, 6.07) is 11.9. The minimum atomic E-state index is -0.664. The number of rotatable bonds is 5. The fourth-order valence-corrected chi connectivity index (χ4v) is 4.58. The first kappa shape index (κ1) is 21.9. The van der Waals surface area contributed by atoms with E-state index < -0.39 is 5.92 Å².